The van der Waals surface area contributed by atoms with Gasteiger partial charge in [-0.2, -0.15) is 5.10 Å². The maximum absolute atomic E-state index is 14.3. The number of hydrogen-bond donors (Lipinski definition) is 1. The number of alkyl halides is 1. The number of ether oxygens (including phenoxy) is 2. The fourth-order valence-electron chi connectivity index (χ4n) is 2.74. The Kier molecular flexibility index (Phi) is 5.61. The molecule has 1 saturated heterocycles. The number of alkyl carbamates (subject to hydrolysis) is 1. The fraction of sp³-hybridized carbons (Fsp3) is 0.733. The molecule has 10 heteroatoms. The molecule has 1 amide bonds. The SMILES string of the molecule is Cn1ncc([N+](=O)[O-])c1[C@@H]1CC[C@H](F)[C@H](NC(=O)OC(C)(C)C)OC1. The van der Waals surface area contributed by atoms with Crippen molar-refractivity contribution in [2.45, 2.75) is 57.5 Å². The lowest BCUT2D eigenvalue weighted by Gasteiger charge is -2.24. The van der Waals surface area contributed by atoms with Crippen LogP contribution in [0.3, 0.4) is 0 Å². The van der Waals surface area contributed by atoms with Crippen LogP contribution in [-0.4, -0.2) is 45.4 Å². The van der Waals surface area contributed by atoms with Crippen LogP contribution in [0.25, 0.3) is 0 Å². The van der Waals surface area contributed by atoms with Gasteiger partial charge in [-0.25, -0.2) is 9.18 Å². The first-order chi connectivity index (χ1) is 11.6. The summed E-state index contributed by atoms with van der Waals surface area (Å²) in [6.07, 6.45) is -1.77. The van der Waals surface area contributed by atoms with Crippen LogP contribution in [0.1, 0.15) is 45.2 Å². The molecule has 25 heavy (non-hydrogen) atoms. The number of rotatable bonds is 3. The molecule has 1 aromatic heterocycles. The molecule has 1 fully saturated rings. The van der Waals surface area contributed by atoms with Gasteiger partial charge in [-0.1, -0.05) is 0 Å². The zero-order valence-corrected chi connectivity index (χ0v) is 14.7. The van der Waals surface area contributed by atoms with E-state index in [0.717, 1.165) is 0 Å². The number of nitrogens with one attached hydrogen (secondary N) is 1. The first-order valence-electron chi connectivity index (χ1n) is 8.00. The molecule has 1 aromatic rings. The van der Waals surface area contributed by atoms with Crippen molar-refractivity contribution < 1.29 is 23.6 Å². The third-order valence-electron chi connectivity index (χ3n) is 3.80. The van der Waals surface area contributed by atoms with E-state index in [1.165, 1.54) is 10.9 Å². The maximum Gasteiger partial charge on any atom is 0.409 e. The number of aromatic nitrogens is 2. The molecule has 1 N–H and O–H groups in total. The van der Waals surface area contributed by atoms with Crippen molar-refractivity contribution in [2.75, 3.05) is 6.61 Å². The smallest absolute Gasteiger partial charge is 0.409 e. The summed E-state index contributed by atoms with van der Waals surface area (Å²) < 4.78 is 26.3. The predicted molar refractivity (Wildman–Crippen MR) is 85.8 cm³/mol. The molecule has 0 radical (unpaired) electrons. The molecule has 2 heterocycles. The van der Waals surface area contributed by atoms with E-state index in [1.54, 1.807) is 27.8 Å². The van der Waals surface area contributed by atoms with E-state index in [0.29, 0.717) is 12.1 Å². The van der Waals surface area contributed by atoms with E-state index < -0.39 is 34.9 Å². The Morgan fingerprint density at radius 2 is 2.20 bits per heavy atom. The van der Waals surface area contributed by atoms with Gasteiger partial charge < -0.3 is 9.47 Å². The van der Waals surface area contributed by atoms with Crippen LogP contribution in [0.15, 0.2) is 6.20 Å². The third kappa shape index (κ3) is 4.88. The standard InChI is InChI=1S/C15H23FN4O5/c1-15(2,3)25-14(21)18-13-10(16)6-5-9(8-24-13)12-11(20(22)23)7-17-19(12)4/h7,9-10,13H,5-6,8H2,1-4H3,(H,18,21)/t9-,10+,13-/m1/s1. The quantitative estimate of drug-likeness (QED) is 0.656. The van der Waals surface area contributed by atoms with Crippen LogP contribution in [0.5, 0.6) is 0 Å². The average Bonchev–Trinajstić information content (AvgIpc) is 2.77. The lowest BCUT2D eigenvalue weighted by Crippen LogP contribution is -2.45. The molecule has 9 nitrogen and oxygen atoms in total. The molecular weight excluding hydrogens is 335 g/mol. The van der Waals surface area contributed by atoms with E-state index in [9.17, 15) is 19.3 Å². The highest BCUT2D eigenvalue weighted by atomic mass is 19.1. The summed E-state index contributed by atoms with van der Waals surface area (Å²) in [7, 11) is 1.59. The molecule has 0 aromatic carbocycles. The van der Waals surface area contributed by atoms with Crippen LogP contribution < -0.4 is 5.32 Å². The molecule has 1 aliphatic heterocycles. The minimum atomic E-state index is -1.44. The zero-order chi connectivity index (χ0) is 18.8. The monoisotopic (exact) mass is 358 g/mol. The van der Waals surface area contributed by atoms with Gasteiger partial charge in [-0.3, -0.25) is 20.1 Å². The van der Waals surface area contributed by atoms with Crippen molar-refractivity contribution in [1.82, 2.24) is 15.1 Å². The number of carbonyl (C=O) groups is 1. The first-order valence-corrected chi connectivity index (χ1v) is 8.00. The number of carbonyl (C=O) groups excluding carboxylic acids is 1. The first kappa shape index (κ1) is 19.1. The van der Waals surface area contributed by atoms with Crippen LogP contribution >= 0.6 is 0 Å². The van der Waals surface area contributed by atoms with E-state index >= 15 is 0 Å². The van der Waals surface area contributed by atoms with Gasteiger partial charge in [0.1, 0.15) is 23.7 Å². The molecule has 0 unspecified atom stereocenters. The second-order valence-electron chi connectivity index (χ2n) is 6.99. The molecular formula is C15H23FN4O5. The summed E-state index contributed by atoms with van der Waals surface area (Å²) >= 11 is 0. The zero-order valence-electron chi connectivity index (χ0n) is 14.7. The topological polar surface area (TPSA) is 109 Å². The molecule has 0 saturated carbocycles. The number of halogens is 1. The lowest BCUT2D eigenvalue weighted by molar-refractivity contribution is -0.385. The summed E-state index contributed by atoms with van der Waals surface area (Å²) in [6, 6.07) is 0. The average molecular weight is 358 g/mol. The van der Waals surface area contributed by atoms with E-state index in [-0.39, 0.29) is 18.7 Å². The molecule has 0 aliphatic carbocycles. The molecule has 0 spiro atoms. The van der Waals surface area contributed by atoms with Crippen LogP contribution in [0.2, 0.25) is 0 Å². The molecule has 140 valence electrons. The van der Waals surface area contributed by atoms with Crippen molar-refractivity contribution in [3.8, 4) is 0 Å². The molecule has 0 bridgehead atoms. The highest BCUT2D eigenvalue weighted by Gasteiger charge is 2.35. The predicted octanol–water partition coefficient (Wildman–Crippen LogP) is 2.41. The summed E-state index contributed by atoms with van der Waals surface area (Å²) in [5.74, 6) is -0.392. The van der Waals surface area contributed by atoms with E-state index in [2.05, 4.69) is 10.4 Å². The third-order valence-corrected chi connectivity index (χ3v) is 3.80. The minimum absolute atomic E-state index is 0.0290. The Balaban J connectivity index is 2.07. The Bertz CT molecular complexity index is 642. The van der Waals surface area contributed by atoms with Crippen molar-refractivity contribution in [3.05, 3.63) is 22.0 Å². The van der Waals surface area contributed by atoms with Gasteiger partial charge in [0.25, 0.3) is 0 Å². The second-order valence-corrected chi connectivity index (χ2v) is 6.99. The van der Waals surface area contributed by atoms with E-state index in [4.69, 9.17) is 9.47 Å². The van der Waals surface area contributed by atoms with Gasteiger partial charge in [0.2, 0.25) is 0 Å². The number of amides is 1. The number of aryl methyl sites for hydroxylation is 1. The van der Waals surface area contributed by atoms with Gasteiger partial charge in [0.05, 0.1) is 11.5 Å². The summed E-state index contributed by atoms with van der Waals surface area (Å²) in [5, 5.41) is 17.4. The van der Waals surface area contributed by atoms with Gasteiger partial charge in [-0.15, -0.1) is 0 Å². The summed E-state index contributed by atoms with van der Waals surface area (Å²) in [6.45, 7) is 5.13. The van der Waals surface area contributed by atoms with Crippen molar-refractivity contribution in [1.29, 1.82) is 0 Å². The molecule has 1 aliphatic rings. The Morgan fingerprint density at radius 3 is 2.80 bits per heavy atom. The Hall–Kier alpha value is -2.23. The Morgan fingerprint density at radius 1 is 1.52 bits per heavy atom. The summed E-state index contributed by atoms with van der Waals surface area (Å²) in [4.78, 5) is 22.4. The largest absolute Gasteiger partial charge is 0.444 e. The molecule has 3 atom stereocenters. The maximum atomic E-state index is 14.3. The number of nitrogens with zero attached hydrogens (tertiary/aromatic N) is 3. The normalized spacial score (nSPS) is 24.4. The van der Waals surface area contributed by atoms with Crippen molar-refractivity contribution in [3.63, 3.8) is 0 Å². The van der Waals surface area contributed by atoms with Crippen molar-refractivity contribution in [2.24, 2.45) is 7.05 Å². The van der Waals surface area contributed by atoms with Gasteiger partial charge >= 0.3 is 11.8 Å². The summed E-state index contributed by atoms with van der Waals surface area (Å²) in [5.41, 5.74) is -0.446. The highest BCUT2D eigenvalue weighted by Crippen LogP contribution is 2.33. The Labute approximate surface area is 144 Å². The van der Waals surface area contributed by atoms with Crippen LogP contribution in [0, 0.1) is 10.1 Å². The van der Waals surface area contributed by atoms with E-state index in [1.807, 2.05) is 0 Å². The lowest BCUT2D eigenvalue weighted by atomic mass is 9.98. The number of hydrogen-bond acceptors (Lipinski definition) is 6. The fourth-order valence-corrected chi connectivity index (χ4v) is 2.74. The van der Waals surface area contributed by atoms with Crippen LogP contribution in [-0.2, 0) is 16.5 Å². The van der Waals surface area contributed by atoms with Gasteiger partial charge in [0, 0.05) is 13.0 Å². The molecule has 2 rings (SSSR count). The van der Waals surface area contributed by atoms with Gasteiger partial charge in [0.15, 0.2) is 6.23 Å². The number of nitro groups is 1. The van der Waals surface area contributed by atoms with Gasteiger partial charge in [-0.05, 0) is 33.6 Å². The minimum Gasteiger partial charge on any atom is -0.444 e. The van der Waals surface area contributed by atoms with Crippen molar-refractivity contribution >= 4 is 11.8 Å². The second kappa shape index (κ2) is 7.34. The van der Waals surface area contributed by atoms with Crippen LogP contribution in [0.4, 0.5) is 14.9 Å². The highest BCUT2D eigenvalue weighted by molar-refractivity contribution is 5.68.